The largest absolute Gasteiger partial charge is 0.391 e. The molecule has 2 N–H and O–H groups in total. The lowest BCUT2D eigenvalue weighted by molar-refractivity contribution is -0.916. The van der Waals surface area contributed by atoms with E-state index in [0.717, 1.165) is 22.1 Å². The summed E-state index contributed by atoms with van der Waals surface area (Å²) in [5.41, 5.74) is 0. The fraction of sp³-hybridized carbons (Fsp3) is 1.00. The van der Waals surface area contributed by atoms with Crippen molar-refractivity contribution in [3.63, 3.8) is 0 Å². The van der Waals surface area contributed by atoms with Crippen molar-refractivity contribution in [1.29, 1.82) is 0 Å². The van der Waals surface area contributed by atoms with Crippen molar-refractivity contribution >= 4 is 0 Å². The topological polar surface area (TPSA) is 40.5 Å². The van der Waals surface area contributed by atoms with Crippen LogP contribution in [0, 0.1) is 0 Å². The third-order valence-electron chi connectivity index (χ3n) is 12.0. The van der Waals surface area contributed by atoms with Crippen LogP contribution in [-0.4, -0.2) is 85.8 Å². The van der Waals surface area contributed by atoms with E-state index < -0.39 is 0 Å². The number of likely N-dealkylation sites (N-methyl/N-ethyl adjacent to an activating group) is 2. The first-order chi connectivity index (χ1) is 24.4. The van der Waals surface area contributed by atoms with Gasteiger partial charge in [0.1, 0.15) is 13.1 Å². The number of aliphatic hydroxyl groups is 2. The average Bonchev–Trinajstić information content (AvgIpc) is 3.10. The first kappa shape index (κ1) is 49.8. The van der Waals surface area contributed by atoms with E-state index in [-0.39, 0.29) is 0 Å². The van der Waals surface area contributed by atoms with Crippen molar-refractivity contribution in [1.82, 2.24) is 0 Å². The Bertz CT molecular complexity index is 592. The smallest absolute Gasteiger partial charge is 0.102 e. The Morgan fingerprint density at radius 1 is 0.240 bits per heavy atom. The zero-order valence-electron chi connectivity index (χ0n) is 35.5. The molecule has 4 heteroatoms. The van der Waals surface area contributed by atoms with E-state index in [0.29, 0.717) is 13.2 Å². The summed E-state index contributed by atoms with van der Waals surface area (Å²) in [7, 11) is 4.75. The number of aliphatic hydroxyl groups excluding tert-OH is 2. The summed E-state index contributed by atoms with van der Waals surface area (Å²) in [4.78, 5) is 0. The molecule has 0 heterocycles. The Kier molecular flexibility index (Phi) is 38.4. The first-order valence-corrected chi connectivity index (χ1v) is 23.3. The van der Waals surface area contributed by atoms with E-state index >= 15 is 0 Å². The van der Waals surface area contributed by atoms with E-state index in [1.54, 1.807) is 0 Å². The molecule has 0 bridgehead atoms. The van der Waals surface area contributed by atoms with Gasteiger partial charge in [0.15, 0.2) is 0 Å². The van der Waals surface area contributed by atoms with Crippen molar-refractivity contribution < 1.29 is 19.2 Å². The van der Waals surface area contributed by atoms with Crippen LogP contribution in [-0.2, 0) is 0 Å². The lowest BCUT2D eigenvalue weighted by Crippen LogP contribution is -2.49. The Morgan fingerprint density at radius 2 is 0.400 bits per heavy atom. The summed E-state index contributed by atoms with van der Waals surface area (Å²) in [5, 5.41) is 19.6. The zero-order chi connectivity index (χ0) is 36.7. The molecule has 0 saturated carbocycles. The van der Waals surface area contributed by atoms with E-state index in [1.807, 2.05) is 0 Å². The monoisotopic (exact) mass is 711 g/mol. The lowest BCUT2D eigenvalue weighted by atomic mass is 10.0. The van der Waals surface area contributed by atoms with E-state index in [2.05, 4.69) is 27.9 Å². The highest BCUT2D eigenvalue weighted by molar-refractivity contribution is 4.53. The third kappa shape index (κ3) is 34.9. The average molecular weight is 711 g/mol. The summed E-state index contributed by atoms with van der Waals surface area (Å²) < 4.78 is 2.05. The van der Waals surface area contributed by atoms with Gasteiger partial charge in [-0.25, -0.2) is 0 Å². The van der Waals surface area contributed by atoms with Gasteiger partial charge in [0.25, 0.3) is 0 Å². The molecule has 0 amide bonds. The number of unbranched alkanes of at least 4 members (excludes halogenated alkanes) is 31. The number of quaternary nitrogens is 2. The molecule has 0 fully saturated rings. The summed E-state index contributed by atoms with van der Waals surface area (Å²) >= 11 is 0. The number of nitrogens with zero attached hydrogens (tertiary/aromatic N) is 2. The van der Waals surface area contributed by atoms with E-state index in [9.17, 15) is 10.2 Å². The zero-order valence-corrected chi connectivity index (χ0v) is 35.5. The van der Waals surface area contributed by atoms with Gasteiger partial charge in [-0.1, -0.05) is 194 Å². The number of hydrogen-bond acceptors (Lipinski definition) is 2. The Labute approximate surface area is 317 Å². The molecule has 2 unspecified atom stereocenters. The Balaban J connectivity index is 3.88. The van der Waals surface area contributed by atoms with Gasteiger partial charge in [-0.3, -0.25) is 0 Å². The van der Waals surface area contributed by atoms with Crippen LogP contribution in [0.25, 0.3) is 0 Å². The molecule has 0 spiro atoms. The summed E-state index contributed by atoms with van der Waals surface area (Å²) in [5.74, 6) is 0. The highest BCUT2D eigenvalue weighted by atomic mass is 16.3. The predicted molar refractivity (Wildman–Crippen MR) is 224 cm³/mol. The van der Waals surface area contributed by atoms with Crippen LogP contribution < -0.4 is 0 Å². The molecule has 302 valence electrons. The quantitative estimate of drug-likeness (QED) is 0.0488. The van der Waals surface area contributed by atoms with Crippen molar-refractivity contribution in [2.45, 2.75) is 232 Å². The van der Waals surface area contributed by atoms with Crippen LogP contribution in [0.4, 0.5) is 0 Å². The molecular formula is C46H98N2O2+2. The van der Waals surface area contributed by atoms with E-state index in [4.69, 9.17) is 0 Å². The molecule has 0 saturated heterocycles. The van der Waals surface area contributed by atoms with Gasteiger partial charge in [-0.05, 0) is 25.7 Å². The molecule has 0 aliphatic carbocycles. The fourth-order valence-electron chi connectivity index (χ4n) is 8.22. The minimum atomic E-state index is 0.299. The van der Waals surface area contributed by atoms with Crippen LogP contribution in [0.2, 0.25) is 0 Å². The molecule has 0 radical (unpaired) electrons. The maximum Gasteiger partial charge on any atom is 0.102 e. The van der Waals surface area contributed by atoms with Gasteiger partial charge < -0.3 is 19.2 Å². The van der Waals surface area contributed by atoms with Crippen molar-refractivity contribution in [2.24, 2.45) is 0 Å². The molecule has 50 heavy (non-hydrogen) atoms. The Morgan fingerprint density at radius 3 is 0.580 bits per heavy atom. The standard InChI is InChI=1S/C46H98N2O2/c1-5-7-9-11-13-15-17-19-21-23-25-27-29-31-33-35-39-47(3,43-45-49)41-37-38-42-48(4,44-46-50)40-36-34-32-30-28-26-24-22-20-18-16-14-12-10-8-6-2/h49-50H,5-46H2,1-4H3/q+2. The summed E-state index contributed by atoms with van der Waals surface area (Å²) in [6, 6.07) is 0. The minimum absolute atomic E-state index is 0.299. The van der Waals surface area contributed by atoms with Gasteiger partial charge in [0.2, 0.25) is 0 Å². The lowest BCUT2D eigenvalue weighted by Gasteiger charge is -2.36. The van der Waals surface area contributed by atoms with Gasteiger partial charge in [-0.15, -0.1) is 0 Å². The fourth-order valence-corrected chi connectivity index (χ4v) is 8.22. The molecule has 4 nitrogen and oxygen atoms in total. The van der Waals surface area contributed by atoms with Crippen LogP contribution in [0.5, 0.6) is 0 Å². The second kappa shape index (κ2) is 38.6. The number of hydrogen-bond donors (Lipinski definition) is 2. The van der Waals surface area contributed by atoms with Gasteiger partial charge in [0, 0.05) is 12.8 Å². The maximum atomic E-state index is 9.82. The van der Waals surface area contributed by atoms with Crippen molar-refractivity contribution in [2.75, 3.05) is 66.6 Å². The van der Waals surface area contributed by atoms with Crippen LogP contribution in [0.15, 0.2) is 0 Å². The summed E-state index contributed by atoms with van der Waals surface area (Å²) in [6.07, 6.45) is 47.8. The first-order valence-electron chi connectivity index (χ1n) is 23.3. The molecular weight excluding hydrogens is 613 g/mol. The summed E-state index contributed by atoms with van der Waals surface area (Å²) in [6.45, 7) is 11.8. The normalized spacial score (nSPS) is 14.3. The van der Waals surface area contributed by atoms with Crippen LogP contribution in [0.3, 0.4) is 0 Å². The highest BCUT2D eigenvalue weighted by Gasteiger charge is 2.23. The minimum Gasteiger partial charge on any atom is -0.391 e. The molecule has 0 aromatic heterocycles. The molecule has 0 rings (SSSR count). The van der Waals surface area contributed by atoms with Gasteiger partial charge >= 0.3 is 0 Å². The van der Waals surface area contributed by atoms with Gasteiger partial charge in [-0.2, -0.15) is 0 Å². The molecule has 2 atom stereocenters. The molecule has 0 aliphatic rings. The second-order valence-corrected chi connectivity index (χ2v) is 17.3. The molecule has 0 aromatic rings. The van der Waals surface area contributed by atoms with Crippen molar-refractivity contribution in [3.05, 3.63) is 0 Å². The third-order valence-corrected chi connectivity index (χ3v) is 12.0. The Hall–Kier alpha value is -0.160. The van der Waals surface area contributed by atoms with E-state index in [1.165, 1.54) is 244 Å². The number of rotatable bonds is 43. The van der Waals surface area contributed by atoms with Crippen molar-refractivity contribution in [3.8, 4) is 0 Å². The predicted octanol–water partition coefficient (Wildman–Crippen LogP) is 13.2. The van der Waals surface area contributed by atoms with Crippen LogP contribution >= 0.6 is 0 Å². The molecule has 0 aliphatic heterocycles. The van der Waals surface area contributed by atoms with Crippen LogP contribution in [0.1, 0.15) is 232 Å². The highest BCUT2D eigenvalue weighted by Crippen LogP contribution is 2.18. The second-order valence-electron chi connectivity index (χ2n) is 17.3. The molecule has 0 aromatic carbocycles. The SMILES string of the molecule is CCCCCCCCCCCCCCCCCC[N+](C)(CCO)CCCC[N+](C)(CCO)CCCCCCCCCCCCCCCCCC. The van der Waals surface area contributed by atoms with Gasteiger partial charge in [0.05, 0.1) is 53.5 Å². The maximum absolute atomic E-state index is 9.82.